The van der Waals surface area contributed by atoms with Gasteiger partial charge < -0.3 is 9.67 Å². The fourth-order valence-electron chi connectivity index (χ4n) is 5.24. The average Bonchev–Trinajstić information content (AvgIpc) is 3.79. The normalized spacial score (nSPS) is 13.9. The molecule has 2 aromatic rings. The topological polar surface area (TPSA) is 162 Å². The van der Waals surface area contributed by atoms with E-state index in [1.807, 2.05) is 18.2 Å². The zero-order valence-corrected chi connectivity index (χ0v) is 28.9. The third-order valence-corrected chi connectivity index (χ3v) is 8.12. The van der Waals surface area contributed by atoms with Crippen molar-refractivity contribution in [2.24, 2.45) is 11.3 Å². The van der Waals surface area contributed by atoms with Crippen LogP contribution in [0, 0.1) is 146 Å². The van der Waals surface area contributed by atoms with Crippen molar-refractivity contribution in [3.8, 4) is 119 Å². The van der Waals surface area contributed by atoms with E-state index in [1.165, 1.54) is 25.7 Å². The summed E-state index contributed by atoms with van der Waals surface area (Å²) in [6.07, 6.45) is 13.1. The summed E-state index contributed by atoms with van der Waals surface area (Å²) in [5.74, 6) is 47.9. The molecule has 276 valence electrons. The van der Waals surface area contributed by atoms with Crippen molar-refractivity contribution in [2.75, 3.05) is 5.32 Å². The van der Waals surface area contributed by atoms with Gasteiger partial charge >= 0.3 is 0 Å². The van der Waals surface area contributed by atoms with Gasteiger partial charge in [-0.3, -0.25) is 10.1 Å². The van der Waals surface area contributed by atoms with E-state index in [0.717, 1.165) is 35.9 Å². The van der Waals surface area contributed by atoms with Crippen LogP contribution in [0.15, 0.2) is 18.2 Å². The second kappa shape index (κ2) is 21.6. The number of nitrogens with zero attached hydrogens (tertiary/aromatic N) is 4. The van der Waals surface area contributed by atoms with Crippen LogP contribution < -0.4 is 5.32 Å². The lowest BCUT2D eigenvalue weighted by atomic mass is 9.80. The summed E-state index contributed by atoms with van der Waals surface area (Å²) in [5, 5.41) is 13.5. The van der Waals surface area contributed by atoms with Gasteiger partial charge in [-0.25, -0.2) is 4.98 Å². The number of rotatable bonds is 4. The third kappa shape index (κ3) is 12.6. The number of nitrogens with one attached hydrogen (secondary N) is 2. The summed E-state index contributed by atoms with van der Waals surface area (Å²) in [7, 11) is 0. The minimum absolute atomic E-state index is 0. The molecule has 1 aromatic carbocycles. The van der Waals surface area contributed by atoms with Crippen molar-refractivity contribution in [2.45, 2.75) is 77.4 Å². The van der Waals surface area contributed by atoms with E-state index in [0.29, 0.717) is 17.4 Å². The van der Waals surface area contributed by atoms with Crippen molar-refractivity contribution in [1.82, 2.24) is 9.55 Å². The number of hydrogen-bond donors (Lipinski definition) is 3. The second-order valence-corrected chi connectivity index (χ2v) is 11.7. The number of anilines is 1. The predicted octanol–water partition coefficient (Wildman–Crippen LogP) is 8.44. The molecule has 5 rings (SSSR count). The molecule has 52 heavy (non-hydrogen) atoms. The zero-order chi connectivity index (χ0) is 38.2. The van der Waals surface area contributed by atoms with Crippen molar-refractivity contribution < 1.29 is 25.6 Å². The zero-order valence-electron chi connectivity index (χ0n) is 28.9. The molecule has 1 aromatic heterocycles. The lowest BCUT2D eigenvalue weighted by Crippen LogP contribution is -2.26. The Balaban J connectivity index is -0.0000000886. The molecule has 0 saturated heterocycles. The molecule has 0 radical (unpaired) electrons. The van der Waals surface area contributed by atoms with E-state index in [4.69, 9.17) is 32.4 Å². The Kier molecular flexibility index (Phi) is 16.9. The van der Waals surface area contributed by atoms with E-state index in [1.54, 1.807) is 25.7 Å². The molecule has 0 bridgehead atoms. The van der Waals surface area contributed by atoms with Crippen LogP contribution in [0.4, 0.5) is 5.95 Å². The second-order valence-electron chi connectivity index (χ2n) is 11.7. The van der Waals surface area contributed by atoms with Crippen molar-refractivity contribution in [3.63, 3.8) is 0 Å². The molecule has 3 fully saturated rings. The number of imidazole rings is 1. The van der Waals surface area contributed by atoms with Crippen LogP contribution in [0.25, 0.3) is 21.5 Å². The van der Waals surface area contributed by atoms with Gasteiger partial charge in [0.2, 0.25) is 11.9 Å². The molecule has 3 N–H and O–H groups in total. The number of terminal acetylenes is 1. The first-order chi connectivity index (χ1) is 25.2. The number of benzene rings is 1. The molecule has 10 nitrogen and oxygen atoms in total. The fourth-order valence-corrected chi connectivity index (χ4v) is 5.24. The van der Waals surface area contributed by atoms with Crippen molar-refractivity contribution >= 4 is 22.9 Å². The van der Waals surface area contributed by atoms with Crippen LogP contribution in [0.3, 0.4) is 0 Å². The van der Waals surface area contributed by atoms with E-state index >= 15 is 0 Å². The molecule has 3 aliphatic rings. The summed E-state index contributed by atoms with van der Waals surface area (Å²) in [6, 6.07) is 6.30. The molecular formula is C42H54N6O4. The van der Waals surface area contributed by atoms with Crippen molar-refractivity contribution in [1.29, 1.82) is 5.53 Å². The molecule has 1 amide bonds. The maximum atomic E-state index is 12.8. The first-order valence-electron chi connectivity index (χ1n) is 15.8. The molecule has 3 saturated carbocycles. The summed E-state index contributed by atoms with van der Waals surface area (Å²) >= 11 is 0. The van der Waals surface area contributed by atoms with Crippen LogP contribution in [-0.2, 0) is 10.4 Å². The smallest absolute Gasteiger partial charge is 0.230 e. The molecule has 10 heteroatoms. The van der Waals surface area contributed by atoms with Crippen LogP contribution in [0.5, 0.6) is 0 Å². The van der Waals surface area contributed by atoms with Crippen LogP contribution in [0.1, 0.15) is 93.0 Å². The molecule has 0 aliphatic heterocycles. The third-order valence-electron chi connectivity index (χ3n) is 8.12. The van der Waals surface area contributed by atoms with Gasteiger partial charge in [-0.05, 0) is 188 Å². The van der Waals surface area contributed by atoms with Gasteiger partial charge in [0.1, 0.15) is 0 Å². The van der Waals surface area contributed by atoms with Gasteiger partial charge in [0.05, 0.1) is 16.6 Å². The Morgan fingerprint density at radius 2 is 1.42 bits per heavy atom. The first-order valence-corrected chi connectivity index (χ1v) is 15.8. The van der Waals surface area contributed by atoms with Gasteiger partial charge in [0, 0.05) is 49.4 Å². The molecule has 1 atom stereocenters. The largest absolute Gasteiger partial charge is 0.386 e. The van der Waals surface area contributed by atoms with Gasteiger partial charge in [-0.15, -0.1) is 12.0 Å². The SMILES string of the molecule is C#CC#CC#CC#CC#CC#CC#CC#CC#CC#CC.CC(C)(O)c1ccc2nc(NC(=O)C3CC34CCC4)n(C3CCC3)c2c1.O=O.[HH].[HH].[HH].[HH].[HH].[HH].[HH].[HH].[HH].[HH].[HH].[N-]=[N+]=N. The summed E-state index contributed by atoms with van der Waals surface area (Å²) in [4.78, 5) is 33.2. The van der Waals surface area contributed by atoms with E-state index in [9.17, 15) is 9.90 Å². The summed E-state index contributed by atoms with van der Waals surface area (Å²) in [6.45, 7) is 5.29. The monoisotopic (exact) mass is 706 g/mol. The number of aliphatic hydroxyl groups is 1. The molecule has 1 spiro atoms. The minimum atomic E-state index is -0.892. The average molecular weight is 707 g/mol. The Labute approximate surface area is 320 Å². The van der Waals surface area contributed by atoms with E-state index in [-0.39, 0.29) is 27.5 Å². The standard InChI is InChI=1S/C21H27N3O2.C21H4.HN3.O2.11H2/c1-20(2,26)13-7-8-16-17(11-13)24(14-5-3-6-14)19(22-16)23-18(25)15-12-21(15)9-4-10-21;1-3-5-7-9-11-13-15-17-19-21-20-18-16-14-12-10-8-6-4-2;1-3-2;1-2;;;;;;;;;;;/h7-8,11,14-15,26H,3-6,9-10,12H2,1-2H3,(H,22,23,25);1H,2H3;1H;;11*1H. The minimum Gasteiger partial charge on any atom is -0.386 e. The molecule has 3 aliphatic carbocycles. The highest BCUT2D eigenvalue weighted by Gasteiger charge is 2.61. The maximum absolute atomic E-state index is 12.8. The lowest BCUT2D eigenvalue weighted by molar-refractivity contribution is -0.118. The Bertz CT molecular complexity index is 2370. The molecule has 1 unspecified atom stereocenters. The van der Waals surface area contributed by atoms with Gasteiger partial charge in [-0.2, -0.15) is 0 Å². The number of hydrogen-bond acceptors (Lipinski definition) is 6. The molecule has 1 heterocycles. The highest BCUT2D eigenvalue weighted by molar-refractivity contribution is 5.95. The Morgan fingerprint density at radius 3 is 1.79 bits per heavy atom. The fraction of sp³-hybridized carbons (Fsp3) is 0.333. The highest BCUT2D eigenvalue weighted by atomic mass is 16.7. The van der Waals surface area contributed by atoms with Crippen LogP contribution in [-0.4, -0.2) is 20.6 Å². The number of aromatic nitrogens is 2. The molecular weight excluding hydrogens is 653 g/mol. The van der Waals surface area contributed by atoms with Gasteiger partial charge in [-0.1, -0.05) is 18.4 Å². The van der Waals surface area contributed by atoms with Gasteiger partial charge in [0.15, 0.2) is 0 Å². The van der Waals surface area contributed by atoms with Crippen molar-refractivity contribution in [3.05, 3.63) is 44.1 Å². The van der Waals surface area contributed by atoms with E-state index in [2.05, 4.69) is 122 Å². The predicted molar refractivity (Wildman–Crippen MR) is 225 cm³/mol. The number of carbonyl (C=O) groups excluding carboxylic acids is 1. The lowest BCUT2D eigenvalue weighted by Gasteiger charge is -2.30. The first kappa shape index (κ1) is 40.8. The summed E-state index contributed by atoms with van der Waals surface area (Å²) < 4.78 is 2.20. The number of amides is 1. The number of carbonyl (C=O) groups is 1. The van der Waals surface area contributed by atoms with Gasteiger partial charge in [0.25, 0.3) is 0 Å². The van der Waals surface area contributed by atoms with Crippen LogP contribution >= 0.6 is 0 Å². The highest BCUT2D eigenvalue weighted by Crippen LogP contribution is 2.65. The quantitative estimate of drug-likeness (QED) is 0.126. The van der Waals surface area contributed by atoms with Crippen LogP contribution in [0.2, 0.25) is 0 Å². The Hall–Kier alpha value is -7.37. The summed E-state index contributed by atoms with van der Waals surface area (Å²) in [5.41, 5.74) is 14.5. The Morgan fingerprint density at radius 1 is 0.942 bits per heavy atom. The maximum Gasteiger partial charge on any atom is 0.230 e. The number of fused-ring (bicyclic) bond motifs is 1. The van der Waals surface area contributed by atoms with E-state index < -0.39 is 5.60 Å².